The highest BCUT2D eigenvalue weighted by molar-refractivity contribution is 5.86. The molecule has 2 aromatic rings. The number of carbonyl (C=O) groups excluding carboxylic acids is 2. The Kier molecular flexibility index (Phi) is 5.36. The lowest BCUT2D eigenvalue weighted by Crippen LogP contribution is -2.51. The number of nitrogens with one attached hydrogen (secondary N) is 2. The standard InChI is InChI=1S/C19H19F3N4O3/c1-10-4-5-11(2)12(8-10)16-15(17(27)29-3)13(23-18(28)24-16)9-26-7-6-14(25-26)19(20,21)22/h4-9,15-16H,1-3H3,(H2,23,24,28)/b13-9+/t15-,16+/m1/s1. The van der Waals surface area contributed by atoms with Gasteiger partial charge < -0.3 is 15.4 Å². The number of rotatable bonds is 3. The lowest BCUT2D eigenvalue weighted by atomic mass is 9.86. The second kappa shape index (κ2) is 7.61. The summed E-state index contributed by atoms with van der Waals surface area (Å²) in [5.41, 5.74) is 1.46. The summed E-state index contributed by atoms with van der Waals surface area (Å²) in [6.45, 7) is 3.71. The van der Waals surface area contributed by atoms with E-state index in [1.54, 1.807) is 0 Å². The van der Waals surface area contributed by atoms with Crippen LogP contribution in [0.25, 0.3) is 6.20 Å². The van der Waals surface area contributed by atoms with Gasteiger partial charge in [0.1, 0.15) is 5.92 Å². The van der Waals surface area contributed by atoms with Gasteiger partial charge in [0.2, 0.25) is 0 Å². The normalized spacial score (nSPS) is 20.9. The summed E-state index contributed by atoms with van der Waals surface area (Å²) in [6, 6.07) is 5.04. The number of alkyl halides is 3. The predicted molar refractivity (Wildman–Crippen MR) is 97.3 cm³/mol. The molecule has 7 nitrogen and oxygen atoms in total. The SMILES string of the molecule is COC(=O)[C@@H]1/C(=C\n2ccc(C(F)(F)F)n2)NC(=O)N[C@H]1c1cc(C)ccc1C. The van der Waals surface area contributed by atoms with Crippen molar-refractivity contribution < 1.29 is 27.5 Å². The van der Waals surface area contributed by atoms with Crippen LogP contribution >= 0.6 is 0 Å². The molecule has 1 aromatic heterocycles. The van der Waals surface area contributed by atoms with Crippen LogP contribution in [0, 0.1) is 19.8 Å². The molecule has 0 radical (unpaired) electrons. The van der Waals surface area contributed by atoms with E-state index < -0.39 is 35.8 Å². The van der Waals surface area contributed by atoms with Crippen LogP contribution in [0.1, 0.15) is 28.4 Å². The van der Waals surface area contributed by atoms with Gasteiger partial charge in [-0.25, -0.2) is 9.48 Å². The molecule has 2 heterocycles. The number of ether oxygens (including phenoxy) is 1. The van der Waals surface area contributed by atoms with E-state index in [9.17, 15) is 22.8 Å². The lowest BCUT2D eigenvalue weighted by Gasteiger charge is -2.34. The van der Waals surface area contributed by atoms with E-state index in [4.69, 9.17) is 4.74 Å². The number of aryl methyl sites for hydroxylation is 2. The molecule has 1 aliphatic heterocycles. The predicted octanol–water partition coefficient (Wildman–Crippen LogP) is 3.16. The first-order valence-electron chi connectivity index (χ1n) is 8.66. The highest BCUT2D eigenvalue weighted by atomic mass is 19.4. The van der Waals surface area contributed by atoms with Gasteiger partial charge in [-0.1, -0.05) is 23.8 Å². The summed E-state index contributed by atoms with van der Waals surface area (Å²) < 4.78 is 44.2. The van der Waals surface area contributed by atoms with Crippen LogP contribution < -0.4 is 10.6 Å². The first-order valence-corrected chi connectivity index (χ1v) is 8.66. The summed E-state index contributed by atoms with van der Waals surface area (Å²) in [7, 11) is 1.20. The summed E-state index contributed by atoms with van der Waals surface area (Å²) in [6.07, 6.45) is -2.34. The molecule has 2 atom stereocenters. The smallest absolute Gasteiger partial charge is 0.435 e. The molecular weight excluding hydrogens is 389 g/mol. The molecule has 1 saturated heterocycles. The zero-order valence-electron chi connectivity index (χ0n) is 15.9. The minimum absolute atomic E-state index is 0.0725. The van der Waals surface area contributed by atoms with E-state index in [1.165, 1.54) is 13.3 Å². The zero-order valence-corrected chi connectivity index (χ0v) is 15.9. The van der Waals surface area contributed by atoms with Gasteiger partial charge in [0.25, 0.3) is 0 Å². The van der Waals surface area contributed by atoms with E-state index in [2.05, 4.69) is 15.7 Å². The highest BCUT2D eigenvalue weighted by Crippen LogP contribution is 2.34. The number of esters is 1. The molecular formula is C19H19F3N4O3. The topological polar surface area (TPSA) is 85.2 Å². The summed E-state index contributed by atoms with van der Waals surface area (Å²) in [5.74, 6) is -1.66. The van der Waals surface area contributed by atoms with Gasteiger partial charge in [0.05, 0.1) is 18.8 Å². The monoisotopic (exact) mass is 408 g/mol. The van der Waals surface area contributed by atoms with Gasteiger partial charge in [0.15, 0.2) is 5.69 Å². The molecule has 1 aliphatic rings. The number of benzene rings is 1. The fourth-order valence-electron chi connectivity index (χ4n) is 3.21. The Bertz CT molecular complexity index is 981. The number of hydrogen-bond donors (Lipinski definition) is 2. The lowest BCUT2D eigenvalue weighted by molar-refractivity contribution is -0.145. The Hall–Kier alpha value is -3.30. The molecule has 154 valence electrons. The third-order valence-electron chi connectivity index (χ3n) is 4.61. The zero-order chi connectivity index (χ0) is 21.3. The number of nitrogens with zero attached hydrogens (tertiary/aromatic N) is 2. The maximum atomic E-state index is 12.8. The van der Waals surface area contributed by atoms with E-state index in [1.807, 2.05) is 32.0 Å². The first-order chi connectivity index (χ1) is 13.6. The van der Waals surface area contributed by atoms with E-state index >= 15 is 0 Å². The third-order valence-corrected chi connectivity index (χ3v) is 4.61. The minimum Gasteiger partial charge on any atom is -0.468 e. The van der Waals surface area contributed by atoms with Crippen molar-refractivity contribution >= 4 is 18.2 Å². The Morgan fingerprint density at radius 1 is 1.28 bits per heavy atom. The van der Waals surface area contributed by atoms with Crippen molar-refractivity contribution in [1.82, 2.24) is 20.4 Å². The number of amides is 2. The van der Waals surface area contributed by atoms with Gasteiger partial charge in [-0.2, -0.15) is 18.3 Å². The van der Waals surface area contributed by atoms with Crippen LogP contribution in [0.4, 0.5) is 18.0 Å². The maximum Gasteiger partial charge on any atom is 0.435 e. The Labute approximate surface area is 164 Å². The Balaban J connectivity index is 2.07. The molecule has 0 bridgehead atoms. The molecule has 1 fully saturated rings. The van der Waals surface area contributed by atoms with Crippen molar-refractivity contribution in [1.29, 1.82) is 0 Å². The molecule has 2 amide bonds. The summed E-state index contributed by atoms with van der Waals surface area (Å²) >= 11 is 0. The number of urea groups is 1. The number of hydrogen-bond acceptors (Lipinski definition) is 4. The second-order valence-electron chi connectivity index (χ2n) is 6.70. The molecule has 3 rings (SSSR count). The van der Waals surface area contributed by atoms with Gasteiger partial charge in [-0.3, -0.25) is 4.79 Å². The van der Waals surface area contributed by atoms with Crippen molar-refractivity contribution in [3.05, 3.63) is 58.5 Å². The average molecular weight is 408 g/mol. The number of aromatic nitrogens is 2. The number of methoxy groups -OCH3 is 1. The van der Waals surface area contributed by atoms with Crippen LogP contribution in [-0.2, 0) is 15.7 Å². The second-order valence-corrected chi connectivity index (χ2v) is 6.70. The van der Waals surface area contributed by atoms with Gasteiger partial charge >= 0.3 is 18.2 Å². The molecule has 0 spiro atoms. The maximum absolute atomic E-state index is 12.8. The molecule has 0 aliphatic carbocycles. The van der Waals surface area contributed by atoms with Crippen LogP contribution in [0.2, 0.25) is 0 Å². The van der Waals surface area contributed by atoms with Crippen LogP contribution in [0.5, 0.6) is 0 Å². The van der Waals surface area contributed by atoms with Crippen LogP contribution in [-0.4, -0.2) is 28.9 Å². The summed E-state index contributed by atoms with van der Waals surface area (Å²) in [5, 5.41) is 8.63. The van der Waals surface area contributed by atoms with Crippen molar-refractivity contribution in [3.8, 4) is 0 Å². The molecule has 0 saturated carbocycles. The minimum atomic E-state index is -4.61. The van der Waals surface area contributed by atoms with E-state index in [0.29, 0.717) is 5.56 Å². The van der Waals surface area contributed by atoms with Crippen molar-refractivity contribution in [3.63, 3.8) is 0 Å². The highest BCUT2D eigenvalue weighted by Gasteiger charge is 2.40. The van der Waals surface area contributed by atoms with E-state index in [0.717, 1.165) is 28.1 Å². The number of halogens is 3. The first kappa shape index (κ1) is 20.4. The Morgan fingerprint density at radius 2 is 2.00 bits per heavy atom. The van der Waals surface area contributed by atoms with Crippen molar-refractivity contribution in [2.24, 2.45) is 5.92 Å². The van der Waals surface area contributed by atoms with E-state index in [-0.39, 0.29) is 5.70 Å². The van der Waals surface area contributed by atoms with Crippen molar-refractivity contribution in [2.45, 2.75) is 26.1 Å². The summed E-state index contributed by atoms with van der Waals surface area (Å²) in [4.78, 5) is 24.8. The van der Waals surface area contributed by atoms with Gasteiger partial charge in [-0.05, 0) is 31.0 Å². The van der Waals surface area contributed by atoms with Gasteiger partial charge in [-0.15, -0.1) is 0 Å². The van der Waals surface area contributed by atoms with Crippen molar-refractivity contribution in [2.75, 3.05) is 7.11 Å². The molecule has 10 heteroatoms. The van der Waals surface area contributed by atoms with Crippen LogP contribution in [0.15, 0.2) is 36.2 Å². The fraction of sp³-hybridized carbons (Fsp3) is 0.316. The molecule has 1 aromatic carbocycles. The van der Waals surface area contributed by atoms with Gasteiger partial charge in [0, 0.05) is 12.4 Å². The van der Waals surface area contributed by atoms with Crippen LogP contribution in [0.3, 0.4) is 0 Å². The molecule has 0 unspecified atom stereocenters. The Morgan fingerprint density at radius 3 is 2.62 bits per heavy atom. The molecule has 2 N–H and O–H groups in total. The molecule has 29 heavy (non-hydrogen) atoms. The average Bonchev–Trinajstić information content (AvgIpc) is 3.11. The fourth-order valence-corrected chi connectivity index (χ4v) is 3.21. The third kappa shape index (κ3) is 4.25. The largest absolute Gasteiger partial charge is 0.468 e. The number of carbonyl (C=O) groups is 2. The quantitative estimate of drug-likeness (QED) is 0.764.